The number of rotatable bonds is 10. The van der Waals surface area contributed by atoms with Crippen LogP contribution in [0, 0.1) is 6.92 Å². The topological polar surface area (TPSA) is 79.2 Å². The monoisotopic (exact) mass is 437 g/mol. The highest BCUT2D eigenvalue weighted by atomic mass is 16.7. The van der Waals surface area contributed by atoms with Gasteiger partial charge in [-0.25, -0.2) is 4.79 Å². The molecule has 0 aliphatic carbocycles. The second-order valence-electron chi connectivity index (χ2n) is 7.56. The second kappa shape index (κ2) is 9.78. The summed E-state index contributed by atoms with van der Waals surface area (Å²) in [5.41, 5.74) is 4.20. The van der Waals surface area contributed by atoms with Gasteiger partial charge in [-0.3, -0.25) is 0 Å². The quantitative estimate of drug-likeness (QED) is 0.509. The highest BCUT2D eigenvalue weighted by molar-refractivity contribution is 5.72. The van der Waals surface area contributed by atoms with Gasteiger partial charge in [0.25, 0.3) is 0 Å². The Labute approximate surface area is 187 Å². The van der Waals surface area contributed by atoms with E-state index in [0.29, 0.717) is 26.2 Å². The third kappa shape index (κ3) is 4.89. The van der Waals surface area contributed by atoms with Crippen LogP contribution in [-0.2, 0) is 22.5 Å². The third-order valence-electron chi connectivity index (χ3n) is 5.44. The molecule has 1 aliphatic rings. The van der Waals surface area contributed by atoms with Crippen LogP contribution in [0.15, 0.2) is 54.6 Å². The summed E-state index contributed by atoms with van der Waals surface area (Å²) < 4.78 is 24.4. The van der Waals surface area contributed by atoms with Gasteiger partial charge in [-0.1, -0.05) is 12.1 Å². The molecule has 0 amide bonds. The number of carboxylic acid groups (broad SMARTS) is 1. The molecule has 168 valence electrons. The summed E-state index contributed by atoms with van der Waals surface area (Å²) in [6, 6.07) is 17.6. The summed E-state index contributed by atoms with van der Waals surface area (Å²) >= 11 is 0. The molecule has 2 aromatic carbocycles. The van der Waals surface area contributed by atoms with Gasteiger partial charge in [0.1, 0.15) is 12.4 Å². The number of hydrogen-bond acceptors (Lipinski definition) is 5. The first-order valence-electron chi connectivity index (χ1n) is 10.7. The van der Waals surface area contributed by atoms with Crippen LogP contribution in [0.4, 0.5) is 0 Å². The number of ether oxygens (including phenoxy) is 4. The Morgan fingerprint density at radius 3 is 2.62 bits per heavy atom. The molecular formula is C25H27NO6. The Morgan fingerprint density at radius 2 is 1.88 bits per heavy atom. The Bertz CT molecular complexity index is 1070. The van der Waals surface area contributed by atoms with E-state index in [9.17, 15) is 9.90 Å². The van der Waals surface area contributed by atoms with Crippen LogP contribution in [0.25, 0.3) is 11.3 Å². The molecule has 0 spiro atoms. The zero-order chi connectivity index (χ0) is 22.5. The molecule has 1 aromatic heterocycles. The minimum absolute atomic E-state index is 0.258. The van der Waals surface area contributed by atoms with Crippen molar-refractivity contribution in [1.82, 2.24) is 4.57 Å². The van der Waals surface area contributed by atoms with Crippen molar-refractivity contribution in [3.8, 4) is 28.5 Å². The van der Waals surface area contributed by atoms with Gasteiger partial charge in [-0.15, -0.1) is 0 Å². The van der Waals surface area contributed by atoms with Crippen LogP contribution in [0.3, 0.4) is 0 Å². The van der Waals surface area contributed by atoms with E-state index >= 15 is 0 Å². The Balaban J connectivity index is 1.37. The number of carboxylic acids is 1. The zero-order valence-corrected chi connectivity index (χ0v) is 18.2. The summed E-state index contributed by atoms with van der Waals surface area (Å²) in [7, 11) is 0. The Morgan fingerprint density at radius 1 is 1.09 bits per heavy atom. The lowest BCUT2D eigenvalue weighted by Crippen LogP contribution is -2.26. The van der Waals surface area contributed by atoms with E-state index in [0.717, 1.165) is 39.8 Å². The van der Waals surface area contributed by atoms with Crippen LogP contribution in [0.1, 0.15) is 18.2 Å². The second-order valence-corrected chi connectivity index (χ2v) is 7.56. The van der Waals surface area contributed by atoms with E-state index < -0.39 is 12.1 Å². The smallest absolute Gasteiger partial charge is 0.333 e. The van der Waals surface area contributed by atoms with Gasteiger partial charge >= 0.3 is 5.97 Å². The van der Waals surface area contributed by atoms with E-state index in [1.807, 2.05) is 42.5 Å². The number of fused-ring (bicyclic) bond motifs is 1. The van der Waals surface area contributed by atoms with Crippen LogP contribution in [-0.4, -0.2) is 41.8 Å². The number of aryl methyl sites for hydroxylation is 1. The lowest BCUT2D eigenvalue weighted by atomic mass is 10.1. The standard InChI is InChI=1S/C25H27NO6/c1-3-29-24(25(27)28)14-18-5-8-20(9-6-18)30-13-12-26-17(2)4-10-21(26)19-7-11-22-23(15-19)32-16-31-22/h4-11,15,24H,3,12-14,16H2,1-2H3,(H,27,28). The molecule has 1 aliphatic heterocycles. The summed E-state index contributed by atoms with van der Waals surface area (Å²) in [6.07, 6.45) is -0.511. The number of aliphatic carboxylic acids is 1. The van der Waals surface area contributed by atoms with Crippen molar-refractivity contribution in [3.63, 3.8) is 0 Å². The predicted molar refractivity (Wildman–Crippen MR) is 119 cm³/mol. The molecule has 2 heterocycles. The van der Waals surface area contributed by atoms with Gasteiger partial charge < -0.3 is 28.6 Å². The average molecular weight is 437 g/mol. The first-order valence-corrected chi connectivity index (χ1v) is 10.7. The highest BCUT2D eigenvalue weighted by Gasteiger charge is 2.18. The van der Waals surface area contributed by atoms with Crippen LogP contribution < -0.4 is 14.2 Å². The van der Waals surface area contributed by atoms with Crippen LogP contribution >= 0.6 is 0 Å². The number of benzene rings is 2. The van der Waals surface area contributed by atoms with Gasteiger partial charge in [0.2, 0.25) is 6.79 Å². The zero-order valence-electron chi connectivity index (χ0n) is 18.2. The van der Waals surface area contributed by atoms with Crippen molar-refractivity contribution in [1.29, 1.82) is 0 Å². The molecule has 7 heteroatoms. The molecule has 32 heavy (non-hydrogen) atoms. The van der Waals surface area contributed by atoms with Gasteiger partial charge in [0, 0.05) is 30.0 Å². The first kappa shape index (κ1) is 21.8. The first-order chi connectivity index (χ1) is 15.5. The molecule has 0 radical (unpaired) electrons. The maximum atomic E-state index is 11.3. The van der Waals surface area contributed by atoms with E-state index in [2.05, 4.69) is 23.6 Å². The van der Waals surface area contributed by atoms with E-state index in [1.165, 1.54) is 0 Å². The maximum absolute atomic E-state index is 11.3. The van der Waals surface area contributed by atoms with E-state index in [-0.39, 0.29) is 6.79 Å². The fraction of sp³-hybridized carbons (Fsp3) is 0.320. The SMILES string of the molecule is CCOC(Cc1ccc(OCCn2c(C)ccc2-c2ccc3c(c2)OCO3)cc1)C(=O)O. The number of nitrogens with zero attached hydrogens (tertiary/aromatic N) is 1. The van der Waals surface area contributed by atoms with E-state index in [1.54, 1.807) is 6.92 Å². The number of aromatic nitrogens is 1. The average Bonchev–Trinajstić information content (AvgIpc) is 3.40. The van der Waals surface area contributed by atoms with Crippen LogP contribution in [0.2, 0.25) is 0 Å². The largest absolute Gasteiger partial charge is 0.492 e. The lowest BCUT2D eigenvalue weighted by Gasteiger charge is -2.14. The summed E-state index contributed by atoms with van der Waals surface area (Å²) in [4.78, 5) is 11.3. The van der Waals surface area contributed by atoms with Gasteiger partial charge in [-0.05, 0) is 61.9 Å². The molecule has 3 aromatic rings. The maximum Gasteiger partial charge on any atom is 0.333 e. The molecule has 0 saturated carbocycles. The van der Waals surface area contributed by atoms with E-state index in [4.69, 9.17) is 18.9 Å². The number of carbonyl (C=O) groups is 1. The molecule has 4 rings (SSSR count). The highest BCUT2D eigenvalue weighted by Crippen LogP contribution is 2.36. The van der Waals surface area contributed by atoms with Crippen LogP contribution in [0.5, 0.6) is 17.2 Å². The Kier molecular flexibility index (Phi) is 6.66. The molecule has 0 bridgehead atoms. The normalized spacial score (nSPS) is 13.2. The minimum atomic E-state index is -0.951. The van der Waals surface area contributed by atoms with Crippen molar-refractivity contribution in [2.75, 3.05) is 20.0 Å². The fourth-order valence-corrected chi connectivity index (χ4v) is 3.78. The molecule has 7 nitrogen and oxygen atoms in total. The van der Waals surface area contributed by atoms with Crippen molar-refractivity contribution in [2.24, 2.45) is 0 Å². The van der Waals surface area contributed by atoms with Gasteiger partial charge in [0.05, 0.1) is 6.54 Å². The molecule has 1 atom stereocenters. The molecule has 1 N–H and O–H groups in total. The molecule has 0 saturated heterocycles. The fourth-order valence-electron chi connectivity index (χ4n) is 3.78. The van der Waals surface area contributed by atoms with Crippen molar-refractivity contribution >= 4 is 5.97 Å². The molecule has 0 fully saturated rings. The Hall–Kier alpha value is -3.45. The summed E-state index contributed by atoms with van der Waals surface area (Å²) in [6.45, 7) is 5.68. The van der Waals surface area contributed by atoms with Crippen molar-refractivity contribution in [2.45, 2.75) is 32.9 Å². The lowest BCUT2D eigenvalue weighted by molar-refractivity contribution is -0.149. The molecular weight excluding hydrogens is 410 g/mol. The van der Waals surface area contributed by atoms with Gasteiger partial charge in [-0.2, -0.15) is 0 Å². The summed E-state index contributed by atoms with van der Waals surface area (Å²) in [5.74, 6) is 1.32. The van der Waals surface area contributed by atoms with Crippen molar-refractivity contribution < 1.29 is 28.8 Å². The molecule has 1 unspecified atom stereocenters. The predicted octanol–water partition coefficient (Wildman–Crippen LogP) is 4.30. The summed E-state index contributed by atoms with van der Waals surface area (Å²) in [5, 5.41) is 9.23. The van der Waals surface area contributed by atoms with Crippen molar-refractivity contribution in [3.05, 3.63) is 65.9 Å². The third-order valence-corrected chi connectivity index (χ3v) is 5.44. The minimum Gasteiger partial charge on any atom is -0.492 e. The van der Waals surface area contributed by atoms with Gasteiger partial charge in [0.15, 0.2) is 17.6 Å². The number of hydrogen-bond donors (Lipinski definition) is 1.